The lowest BCUT2D eigenvalue weighted by Gasteiger charge is -2.06. The molecule has 2 rings (SSSR count). The summed E-state index contributed by atoms with van der Waals surface area (Å²) in [7, 11) is 0. The van der Waals surface area contributed by atoms with Crippen LogP contribution < -0.4 is 4.74 Å². The van der Waals surface area contributed by atoms with E-state index in [9.17, 15) is 9.59 Å². The van der Waals surface area contributed by atoms with Gasteiger partial charge in [-0.15, -0.1) is 0 Å². The topological polar surface area (TPSA) is 52.6 Å². The molecule has 0 unspecified atom stereocenters. The van der Waals surface area contributed by atoms with Gasteiger partial charge in [0.2, 0.25) is 0 Å². The number of esters is 2. The lowest BCUT2D eigenvalue weighted by molar-refractivity contribution is -0.139. The molecule has 0 aliphatic rings. The summed E-state index contributed by atoms with van der Waals surface area (Å²) in [5.41, 5.74) is 2.88. The van der Waals surface area contributed by atoms with Crippen molar-refractivity contribution in [3.63, 3.8) is 0 Å². The molecular formula is C19H16O4. The van der Waals surface area contributed by atoms with Crippen LogP contribution in [0.5, 0.6) is 5.75 Å². The molecule has 0 spiro atoms. The maximum Gasteiger partial charge on any atom is 0.335 e. The fourth-order valence-electron chi connectivity index (χ4n) is 1.88. The highest BCUT2D eigenvalue weighted by atomic mass is 16.5. The van der Waals surface area contributed by atoms with E-state index in [-0.39, 0.29) is 6.61 Å². The number of hydrogen-bond acceptors (Lipinski definition) is 4. The third-order valence-corrected chi connectivity index (χ3v) is 3.07. The molecule has 23 heavy (non-hydrogen) atoms. The van der Waals surface area contributed by atoms with Crippen LogP contribution in [0.25, 0.3) is 11.1 Å². The Bertz CT molecular complexity index is 712. The average Bonchev–Trinajstić information content (AvgIpc) is 2.60. The number of benzene rings is 2. The zero-order valence-electron chi connectivity index (χ0n) is 12.5. The van der Waals surface area contributed by atoms with Crippen LogP contribution >= 0.6 is 0 Å². The van der Waals surface area contributed by atoms with Crippen LogP contribution in [0.2, 0.25) is 0 Å². The minimum Gasteiger partial charge on any atom is -0.458 e. The fourth-order valence-corrected chi connectivity index (χ4v) is 1.88. The summed E-state index contributed by atoms with van der Waals surface area (Å²) in [6.45, 7) is 6.91. The third-order valence-electron chi connectivity index (χ3n) is 3.07. The number of hydrogen-bond donors (Lipinski definition) is 0. The Balaban J connectivity index is 2.04. The molecule has 2 aromatic carbocycles. The Morgan fingerprint density at radius 3 is 1.87 bits per heavy atom. The Morgan fingerprint density at radius 2 is 1.35 bits per heavy atom. The van der Waals surface area contributed by atoms with Gasteiger partial charge >= 0.3 is 11.9 Å². The second-order valence-electron chi connectivity index (χ2n) is 4.66. The van der Waals surface area contributed by atoms with Crippen molar-refractivity contribution in [2.24, 2.45) is 0 Å². The Morgan fingerprint density at radius 1 is 0.826 bits per heavy atom. The minimum absolute atomic E-state index is 0.210. The van der Waals surface area contributed by atoms with Crippen molar-refractivity contribution in [3.8, 4) is 16.9 Å². The number of ether oxygens (including phenoxy) is 2. The highest BCUT2D eigenvalue weighted by Gasteiger charge is 2.03. The van der Waals surface area contributed by atoms with E-state index in [2.05, 4.69) is 13.2 Å². The minimum atomic E-state index is -0.490. The molecule has 0 saturated heterocycles. The van der Waals surface area contributed by atoms with E-state index in [1.54, 1.807) is 12.1 Å². The highest BCUT2D eigenvalue weighted by molar-refractivity contribution is 5.83. The van der Waals surface area contributed by atoms with Gasteiger partial charge in [0.15, 0.2) is 0 Å². The van der Waals surface area contributed by atoms with Gasteiger partial charge in [0, 0.05) is 12.2 Å². The zero-order chi connectivity index (χ0) is 16.7. The van der Waals surface area contributed by atoms with Gasteiger partial charge in [-0.3, -0.25) is 0 Å². The van der Waals surface area contributed by atoms with Gasteiger partial charge in [-0.1, -0.05) is 49.6 Å². The quantitative estimate of drug-likeness (QED) is 0.464. The van der Waals surface area contributed by atoms with Crippen molar-refractivity contribution >= 4 is 11.9 Å². The van der Waals surface area contributed by atoms with E-state index in [0.717, 1.165) is 28.8 Å². The van der Waals surface area contributed by atoms with Crippen LogP contribution in [0, 0.1) is 0 Å². The molecule has 0 atom stereocenters. The van der Waals surface area contributed by atoms with Gasteiger partial charge in [0.25, 0.3) is 0 Å². The van der Waals surface area contributed by atoms with Gasteiger partial charge in [0.1, 0.15) is 12.4 Å². The number of rotatable bonds is 6. The molecule has 0 fully saturated rings. The SMILES string of the molecule is C=CC(=O)OCc1ccc(-c2ccc(OC(=O)C=C)cc2)cc1. The molecule has 2 aromatic rings. The maximum atomic E-state index is 11.1. The number of carbonyl (C=O) groups is 2. The summed E-state index contributed by atoms with van der Waals surface area (Å²) in [5, 5.41) is 0. The molecule has 0 amide bonds. The maximum absolute atomic E-state index is 11.1. The predicted octanol–water partition coefficient (Wildman–Crippen LogP) is 3.67. The smallest absolute Gasteiger partial charge is 0.335 e. The van der Waals surface area contributed by atoms with Crippen molar-refractivity contribution in [1.29, 1.82) is 0 Å². The molecule has 0 saturated carbocycles. The van der Waals surface area contributed by atoms with E-state index >= 15 is 0 Å². The first-order chi connectivity index (χ1) is 11.1. The first kappa shape index (κ1) is 16.2. The van der Waals surface area contributed by atoms with Crippen LogP contribution in [-0.4, -0.2) is 11.9 Å². The van der Waals surface area contributed by atoms with Crippen LogP contribution in [0.1, 0.15) is 5.56 Å². The molecule has 0 N–H and O–H groups in total. The van der Waals surface area contributed by atoms with E-state index in [1.165, 1.54) is 0 Å². The van der Waals surface area contributed by atoms with Crippen molar-refractivity contribution < 1.29 is 19.1 Å². The summed E-state index contributed by atoms with van der Waals surface area (Å²) in [6, 6.07) is 14.8. The van der Waals surface area contributed by atoms with Gasteiger partial charge < -0.3 is 9.47 Å². The first-order valence-corrected chi connectivity index (χ1v) is 6.95. The van der Waals surface area contributed by atoms with Gasteiger partial charge in [-0.25, -0.2) is 9.59 Å². The molecule has 0 heterocycles. The fraction of sp³-hybridized carbons (Fsp3) is 0.0526. The van der Waals surface area contributed by atoms with Crippen LogP contribution in [0.15, 0.2) is 73.8 Å². The predicted molar refractivity (Wildman–Crippen MR) is 87.7 cm³/mol. The largest absolute Gasteiger partial charge is 0.458 e. The van der Waals surface area contributed by atoms with E-state index in [1.807, 2.05) is 36.4 Å². The molecule has 0 bridgehead atoms. The van der Waals surface area contributed by atoms with Crippen LogP contribution in [-0.2, 0) is 20.9 Å². The average molecular weight is 308 g/mol. The lowest BCUT2D eigenvalue weighted by atomic mass is 10.0. The molecule has 4 heteroatoms. The number of carbonyl (C=O) groups excluding carboxylic acids is 2. The van der Waals surface area contributed by atoms with Crippen LogP contribution in [0.3, 0.4) is 0 Å². The van der Waals surface area contributed by atoms with Crippen LogP contribution in [0.4, 0.5) is 0 Å². The van der Waals surface area contributed by atoms with E-state index in [4.69, 9.17) is 9.47 Å². The van der Waals surface area contributed by atoms with Crippen molar-refractivity contribution in [1.82, 2.24) is 0 Å². The summed E-state index contributed by atoms with van der Waals surface area (Å²) in [4.78, 5) is 22.1. The van der Waals surface area contributed by atoms with Crippen molar-refractivity contribution in [3.05, 3.63) is 79.4 Å². The highest BCUT2D eigenvalue weighted by Crippen LogP contribution is 2.23. The second kappa shape index (κ2) is 7.75. The monoisotopic (exact) mass is 308 g/mol. The normalized spacial score (nSPS) is 9.74. The van der Waals surface area contributed by atoms with E-state index in [0.29, 0.717) is 5.75 Å². The molecule has 0 radical (unpaired) electrons. The standard InChI is InChI=1S/C19H16O4/c1-3-18(20)22-13-14-5-7-15(8-6-14)16-9-11-17(12-10-16)23-19(21)4-2/h3-12H,1-2,13H2. The first-order valence-electron chi connectivity index (χ1n) is 6.95. The Hall–Kier alpha value is -3.14. The van der Waals surface area contributed by atoms with Gasteiger partial charge in [0.05, 0.1) is 0 Å². The molecule has 0 aliphatic carbocycles. The van der Waals surface area contributed by atoms with Crippen molar-refractivity contribution in [2.45, 2.75) is 6.61 Å². The Labute approximate surface area is 134 Å². The second-order valence-corrected chi connectivity index (χ2v) is 4.66. The van der Waals surface area contributed by atoms with E-state index < -0.39 is 11.9 Å². The van der Waals surface area contributed by atoms with Crippen molar-refractivity contribution in [2.75, 3.05) is 0 Å². The summed E-state index contributed by atoms with van der Waals surface area (Å²) in [6.07, 6.45) is 2.25. The summed E-state index contributed by atoms with van der Waals surface area (Å²) < 4.78 is 10.00. The Kier molecular flexibility index (Phi) is 5.47. The zero-order valence-corrected chi connectivity index (χ0v) is 12.5. The molecular weight excluding hydrogens is 292 g/mol. The third kappa shape index (κ3) is 4.68. The summed E-state index contributed by atoms with van der Waals surface area (Å²) in [5.74, 6) is -0.471. The van der Waals surface area contributed by atoms with Gasteiger partial charge in [-0.2, -0.15) is 0 Å². The lowest BCUT2D eigenvalue weighted by Crippen LogP contribution is -2.02. The molecule has 4 nitrogen and oxygen atoms in total. The molecule has 0 aromatic heterocycles. The molecule has 0 aliphatic heterocycles. The summed E-state index contributed by atoms with van der Waals surface area (Å²) >= 11 is 0. The van der Waals surface area contributed by atoms with Gasteiger partial charge in [-0.05, 0) is 28.8 Å². The molecule has 116 valence electrons.